The van der Waals surface area contributed by atoms with Gasteiger partial charge in [0, 0.05) is 6.42 Å². The molecule has 0 aromatic heterocycles. The van der Waals surface area contributed by atoms with Gasteiger partial charge in [-0.1, -0.05) is 32.6 Å². The molecule has 1 fully saturated rings. The second kappa shape index (κ2) is 6.51. The lowest BCUT2D eigenvalue weighted by Crippen LogP contribution is -2.40. The van der Waals surface area contributed by atoms with Crippen LogP contribution in [0.5, 0.6) is 0 Å². The maximum Gasteiger partial charge on any atom is 0.326 e. The molecule has 92 valence electrons. The van der Waals surface area contributed by atoms with Crippen molar-refractivity contribution in [2.45, 2.75) is 57.9 Å². The molecular formula is C12H21NO3. The molecule has 2 N–H and O–H groups in total. The van der Waals surface area contributed by atoms with Gasteiger partial charge in [-0.3, -0.25) is 4.79 Å². The first-order chi connectivity index (χ1) is 7.63. The van der Waals surface area contributed by atoms with Crippen LogP contribution in [0.2, 0.25) is 0 Å². The fourth-order valence-electron chi connectivity index (χ4n) is 2.24. The minimum Gasteiger partial charge on any atom is -0.480 e. The van der Waals surface area contributed by atoms with Crippen molar-refractivity contribution in [1.82, 2.24) is 5.32 Å². The van der Waals surface area contributed by atoms with E-state index in [2.05, 4.69) is 5.32 Å². The first kappa shape index (κ1) is 13.0. The van der Waals surface area contributed by atoms with E-state index < -0.39 is 12.0 Å². The molecule has 4 heteroatoms. The van der Waals surface area contributed by atoms with Crippen LogP contribution in [0.4, 0.5) is 0 Å². The summed E-state index contributed by atoms with van der Waals surface area (Å²) in [6.07, 6.45) is 6.81. The van der Waals surface area contributed by atoms with Gasteiger partial charge >= 0.3 is 5.97 Å². The van der Waals surface area contributed by atoms with Crippen molar-refractivity contribution < 1.29 is 14.7 Å². The Morgan fingerprint density at radius 1 is 1.38 bits per heavy atom. The molecule has 1 unspecified atom stereocenters. The quantitative estimate of drug-likeness (QED) is 0.728. The fourth-order valence-corrected chi connectivity index (χ4v) is 2.24. The summed E-state index contributed by atoms with van der Waals surface area (Å²) in [6, 6.07) is -0.726. The lowest BCUT2D eigenvalue weighted by molar-refractivity contribution is -0.141. The summed E-state index contributed by atoms with van der Waals surface area (Å²) in [5.74, 6) is -0.395. The number of aliphatic carboxylic acids is 1. The van der Waals surface area contributed by atoms with Crippen LogP contribution in [-0.2, 0) is 9.59 Å². The average Bonchev–Trinajstić information content (AvgIpc) is 2.75. The van der Waals surface area contributed by atoms with Gasteiger partial charge < -0.3 is 10.4 Å². The van der Waals surface area contributed by atoms with Crippen LogP contribution < -0.4 is 5.32 Å². The van der Waals surface area contributed by atoms with Gasteiger partial charge in [-0.05, 0) is 18.8 Å². The van der Waals surface area contributed by atoms with E-state index in [1.807, 2.05) is 0 Å². The van der Waals surface area contributed by atoms with Crippen LogP contribution >= 0.6 is 0 Å². The van der Waals surface area contributed by atoms with Gasteiger partial charge in [0.25, 0.3) is 0 Å². The Bertz CT molecular complexity index is 247. The highest BCUT2D eigenvalue weighted by Gasteiger charge is 2.19. The van der Waals surface area contributed by atoms with E-state index in [0.717, 1.165) is 6.42 Å². The highest BCUT2D eigenvalue weighted by atomic mass is 16.4. The first-order valence-corrected chi connectivity index (χ1v) is 6.15. The predicted octanol–water partition coefficient (Wildman–Crippen LogP) is 1.94. The van der Waals surface area contributed by atoms with Gasteiger partial charge in [-0.15, -0.1) is 0 Å². The lowest BCUT2D eigenvalue weighted by Gasteiger charge is -2.13. The number of amides is 1. The third-order valence-corrected chi connectivity index (χ3v) is 3.30. The molecule has 16 heavy (non-hydrogen) atoms. The topological polar surface area (TPSA) is 66.4 Å². The Morgan fingerprint density at radius 2 is 2.00 bits per heavy atom. The molecule has 0 aromatic rings. The average molecular weight is 227 g/mol. The largest absolute Gasteiger partial charge is 0.480 e. The number of hydrogen-bond donors (Lipinski definition) is 2. The van der Waals surface area contributed by atoms with E-state index in [1.165, 1.54) is 25.7 Å². The van der Waals surface area contributed by atoms with Crippen molar-refractivity contribution >= 4 is 11.9 Å². The van der Waals surface area contributed by atoms with E-state index in [-0.39, 0.29) is 5.91 Å². The Morgan fingerprint density at radius 3 is 2.50 bits per heavy atom. The van der Waals surface area contributed by atoms with Gasteiger partial charge in [-0.25, -0.2) is 4.79 Å². The number of carboxylic acids is 1. The van der Waals surface area contributed by atoms with E-state index in [4.69, 9.17) is 5.11 Å². The fraction of sp³-hybridized carbons (Fsp3) is 0.833. The van der Waals surface area contributed by atoms with Crippen molar-refractivity contribution in [1.29, 1.82) is 0 Å². The molecule has 4 nitrogen and oxygen atoms in total. The Labute approximate surface area is 96.4 Å². The number of nitrogens with one attached hydrogen (secondary N) is 1. The summed E-state index contributed by atoms with van der Waals surface area (Å²) in [6.45, 7) is 1.76. The number of hydrogen-bond acceptors (Lipinski definition) is 2. The normalized spacial score (nSPS) is 18.3. The Balaban J connectivity index is 2.21. The van der Waals surface area contributed by atoms with Gasteiger partial charge in [0.15, 0.2) is 0 Å². The number of carbonyl (C=O) groups is 2. The molecule has 1 atom stereocenters. The molecule has 0 bridgehead atoms. The van der Waals surface area contributed by atoms with Gasteiger partial charge in [0.05, 0.1) is 0 Å². The highest BCUT2D eigenvalue weighted by molar-refractivity contribution is 5.83. The molecule has 0 aliphatic heterocycles. The van der Waals surface area contributed by atoms with Crippen molar-refractivity contribution in [2.75, 3.05) is 0 Å². The molecule has 0 spiro atoms. The molecule has 0 heterocycles. The Hall–Kier alpha value is -1.06. The summed E-state index contributed by atoms with van der Waals surface area (Å²) in [7, 11) is 0. The number of carboxylic acid groups (broad SMARTS) is 1. The standard InChI is InChI=1S/C12H21NO3/c1-2-10(12(15)16)13-11(14)8-7-9-5-3-4-6-9/h9-10H,2-8H2,1H3,(H,13,14)(H,15,16). The second-order valence-electron chi connectivity index (χ2n) is 4.56. The van der Waals surface area contributed by atoms with Crippen molar-refractivity contribution in [2.24, 2.45) is 5.92 Å². The van der Waals surface area contributed by atoms with Gasteiger partial charge in [-0.2, -0.15) is 0 Å². The minimum absolute atomic E-state index is 0.124. The zero-order chi connectivity index (χ0) is 12.0. The monoisotopic (exact) mass is 227 g/mol. The third-order valence-electron chi connectivity index (χ3n) is 3.30. The Kier molecular flexibility index (Phi) is 5.29. The highest BCUT2D eigenvalue weighted by Crippen LogP contribution is 2.28. The SMILES string of the molecule is CCC(NC(=O)CCC1CCCC1)C(=O)O. The molecule has 0 radical (unpaired) electrons. The minimum atomic E-state index is -0.947. The van der Waals surface area contributed by atoms with E-state index in [1.54, 1.807) is 6.92 Å². The molecule has 1 aliphatic rings. The summed E-state index contributed by atoms with van der Waals surface area (Å²) < 4.78 is 0. The van der Waals surface area contributed by atoms with Crippen LogP contribution in [0.1, 0.15) is 51.9 Å². The molecule has 1 aliphatic carbocycles. The lowest BCUT2D eigenvalue weighted by atomic mass is 10.0. The van der Waals surface area contributed by atoms with Crippen LogP contribution in [0.25, 0.3) is 0 Å². The number of rotatable bonds is 6. The second-order valence-corrected chi connectivity index (χ2v) is 4.56. The molecule has 0 saturated heterocycles. The summed E-state index contributed by atoms with van der Waals surface area (Å²) in [5.41, 5.74) is 0. The van der Waals surface area contributed by atoms with Crippen molar-refractivity contribution in [3.05, 3.63) is 0 Å². The molecule has 0 aromatic carbocycles. The van der Waals surface area contributed by atoms with Gasteiger partial charge in [0.1, 0.15) is 6.04 Å². The third kappa shape index (κ3) is 4.21. The van der Waals surface area contributed by atoms with Crippen LogP contribution in [0.3, 0.4) is 0 Å². The predicted molar refractivity (Wildman–Crippen MR) is 61.0 cm³/mol. The smallest absolute Gasteiger partial charge is 0.326 e. The van der Waals surface area contributed by atoms with E-state index in [9.17, 15) is 9.59 Å². The van der Waals surface area contributed by atoms with Crippen molar-refractivity contribution in [3.8, 4) is 0 Å². The maximum atomic E-state index is 11.5. The summed E-state index contributed by atoms with van der Waals surface area (Å²) >= 11 is 0. The molecule has 1 rings (SSSR count). The number of carbonyl (C=O) groups excluding carboxylic acids is 1. The molecule has 1 amide bonds. The van der Waals surface area contributed by atoms with Gasteiger partial charge in [0.2, 0.25) is 5.91 Å². The zero-order valence-corrected chi connectivity index (χ0v) is 9.87. The summed E-state index contributed by atoms with van der Waals surface area (Å²) in [4.78, 5) is 22.2. The van der Waals surface area contributed by atoms with E-state index >= 15 is 0 Å². The molecule has 1 saturated carbocycles. The summed E-state index contributed by atoms with van der Waals surface area (Å²) in [5, 5.41) is 11.3. The van der Waals surface area contributed by atoms with E-state index in [0.29, 0.717) is 18.8 Å². The maximum absolute atomic E-state index is 11.5. The first-order valence-electron chi connectivity index (χ1n) is 6.15. The van der Waals surface area contributed by atoms with Crippen LogP contribution in [0.15, 0.2) is 0 Å². The zero-order valence-electron chi connectivity index (χ0n) is 9.87. The van der Waals surface area contributed by atoms with Crippen LogP contribution in [-0.4, -0.2) is 23.0 Å². The molecular weight excluding hydrogens is 206 g/mol. The van der Waals surface area contributed by atoms with Crippen molar-refractivity contribution in [3.63, 3.8) is 0 Å². The van der Waals surface area contributed by atoms with Crippen LogP contribution in [0, 0.1) is 5.92 Å².